The first-order chi connectivity index (χ1) is 5.79. The molecular formula is C8H14N2O2. The summed E-state index contributed by atoms with van der Waals surface area (Å²) in [6.07, 6.45) is 1.63. The minimum absolute atomic E-state index is 0.00926. The SMILES string of the molecule is CON(C)C(CN)c1ccco1. The van der Waals surface area contributed by atoms with E-state index in [1.165, 1.54) is 0 Å². The molecular weight excluding hydrogens is 156 g/mol. The Morgan fingerprint density at radius 2 is 2.50 bits per heavy atom. The molecule has 1 aromatic rings. The Balaban J connectivity index is 2.69. The van der Waals surface area contributed by atoms with Gasteiger partial charge < -0.3 is 15.0 Å². The van der Waals surface area contributed by atoms with Gasteiger partial charge in [-0.2, -0.15) is 5.06 Å². The molecule has 0 aromatic carbocycles. The van der Waals surface area contributed by atoms with Gasteiger partial charge in [-0.15, -0.1) is 0 Å². The van der Waals surface area contributed by atoms with E-state index in [0.29, 0.717) is 6.54 Å². The molecule has 12 heavy (non-hydrogen) atoms. The molecule has 4 heteroatoms. The van der Waals surface area contributed by atoms with E-state index >= 15 is 0 Å². The molecule has 0 amide bonds. The highest BCUT2D eigenvalue weighted by molar-refractivity contribution is 5.04. The molecule has 0 bridgehead atoms. The van der Waals surface area contributed by atoms with Crippen LogP contribution in [0.1, 0.15) is 11.8 Å². The quantitative estimate of drug-likeness (QED) is 0.678. The summed E-state index contributed by atoms with van der Waals surface area (Å²) < 4.78 is 5.21. The summed E-state index contributed by atoms with van der Waals surface area (Å²) in [5, 5.41) is 1.67. The molecule has 1 atom stereocenters. The molecule has 4 nitrogen and oxygen atoms in total. The van der Waals surface area contributed by atoms with E-state index in [-0.39, 0.29) is 6.04 Å². The maximum Gasteiger partial charge on any atom is 0.124 e. The number of furan rings is 1. The first kappa shape index (κ1) is 9.25. The average molecular weight is 170 g/mol. The lowest BCUT2D eigenvalue weighted by Gasteiger charge is -2.22. The standard InChI is InChI=1S/C8H14N2O2/c1-10(11-2)7(6-9)8-4-3-5-12-8/h3-5,7H,6,9H2,1-2H3. The zero-order valence-corrected chi connectivity index (χ0v) is 7.36. The van der Waals surface area contributed by atoms with Gasteiger partial charge in [0.15, 0.2) is 0 Å². The van der Waals surface area contributed by atoms with Gasteiger partial charge in [0, 0.05) is 13.6 Å². The van der Waals surface area contributed by atoms with Crippen LogP contribution in [0.4, 0.5) is 0 Å². The van der Waals surface area contributed by atoms with Crippen molar-refractivity contribution < 1.29 is 9.25 Å². The van der Waals surface area contributed by atoms with Crippen LogP contribution in [0.3, 0.4) is 0 Å². The predicted molar refractivity (Wildman–Crippen MR) is 45.3 cm³/mol. The first-order valence-electron chi connectivity index (χ1n) is 3.80. The van der Waals surface area contributed by atoms with E-state index in [0.717, 1.165) is 5.76 Å². The van der Waals surface area contributed by atoms with Crippen molar-refractivity contribution in [3.63, 3.8) is 0 Å². The van der Waals surface area contributed by atoms with Crippen LogP contribution in [0.2, 0.25) is 0 Å². The fourth-order valence-electron chi connectivity index (χ4n) is 1.05. The van der Waals surface area contributed by atoms with Gasteiger partial charge in [0.2, 0.25) is 0 Å². The third kappa shape index (κ3) is 1.85. The first-order valence-corrected chi connectivity index (χ1v) is 3.80. The van der Waals surface area contributed by atoms with Crippen LogP contribution in [0.25, 0.3) is 0 Å². The maximum atomic E-state index is 5.56. The molecule has 0 aliphatic carbocycles. The monoisotopic (exact) mass is 170 g/mol. The van der Waals surface area contributed by atoms with E-state index in [4.69, 9.17) is 15.0 Å². The van der Waals surface area contributed by atoms with E-state index in [2.05, 4.69) is 0 Å². The van der Waals surface area contributed by atoms with Gasteiger partial charge in [-0.05, 0) is 12.1 Å². The normalized spacial score (nSPS) is 13.7. The number of hydrogen-bond donors (Lipinski definition) is 1. The third-order valence-electron chi connectivity index (χ3n) is 1.82. The van der Waals surface area contributed by atoms with Crippen LogP contribution < -0.4 is 5.73 Å². The number of hydroxylamine groups is 2. The fraction of sp³-hybridized carbons (Fsp3) is 0.500. The maximum absolute atomic E-state index is 5.56. The van der Waals surface area contributed by atoms with E-state index in [1.807, 2.05) is 19.2 Å². The lowest BCUT2D eigenvalue weighted by molar-refractivity contribution is -0.144. The van der Waals surface area contributed by atoms with Crippen molar-refractivity contribution >= 4 is 0 Å². The summed E-state index contributed by atoms with van der Waals surface area (Å²) in [7, 11) is 3.42. The molecule has 0 spiro atoms. The van der Waals surface area contributed by atoms with Gasteiger partial charge >= 0.3 is 0 Å². The van der Waals surface area contributed by atoms with Crippen LogP contribution in [-0.4, -0.2) is 25.8 Å². The van der Waals surface area contributed by atoms with E-state index in [9.17, 15) is 0 Å². The highest BCUT2D eigenvalue weighted by Crippen LogP contribution is 2.17. The van der Waals surface area contributed by atoms with Crippen LogP contribution in [0.5, 0.6) is 0 Å². The molecule has 1 heterocycles. The van der Waals surface area contributed by atoms with E-state index < -0.39 is 0 Å². The highest BCUT2D eigenvalue weighted by atomic mass is 16.7. The average Bonchev–Trinajstić information content (AvgIpc) is 2.58. The second-order valence-corrected chi connectivity index (χ2v) is 2.50. The molecule has 0 radical (unpaired) electrons. The Hall–Kier alpha value is -0.840. The van der Waals surface area contributed by atoms with Crippen molar-refractivity contribution in [2.45, 2.75) is 6.04 Å². The molecule has 68 valence electrons. The lowest BCUT2D eigenvalue weighted by Crippen LogP contribution is -2.29. The van der Waals surface area contributed by atoms with Crippen molar-refractivity contribution in [2.75, 3.05) is 20.7 Å². The summed E-state index contributed by atoms with van der Waals surface area (Å²) in [4.78, 5) is 5.02. The van der Waals surface area contributed by atoms with Crippen molar-refractivity contribution in [1.29, 1.82) is 0 Å². The lowest BCUT2D eigenvalue weighted by atomic mass is 10.2. The van der Waals surface area contributed by atoms with Crippen molar-refractivity contribution in [3.05, 3.63) is 24.2 Å². The van der Waals surface area contributed by atoms with Gasteiger partial charge in [0.25, 0.3) is 0 Å². The van der Waals surface area contributed by atoms with Gasteiger partial charge in [-0.1, -0.05) is 0 Å². The Morgan fingerprint density at radius 3 is 2.92 bits per heavy atom. The molecule has 1 unspecified atom stereocenters. The molecule has 1 rings (SSSR count). The van der Waals surface area contributed by atoms with Crippen LogP contribution in [0, 0.1) is 0 Å². The van der Waals surface area contributed by atoms with Crippen LogP contribution in [0.15, 0.2) is 22.8 Å². The van der Waals surface area contributed by atoms with Gasteiger partial charge in [0.05, 0.1) is 13.4 Å². The summed E-state index contributed by atoms with van der Waals surface area (Å²) in [6, 6.07) is 3.71. The largest absolute Gasteiger partial charge is 0.468 e. The Bertz CT molecular complexity index is 211. The molecule has 0 saturated heterocycles. The van der Waals surface area contributed by atoms with E-state index in [1.54, 1.807) is 18.4 Å². The van der Waals surface area contributed by atoms with Crippen molar-refractivity contribution in [2.24, 2.45) is 5.73 Å². The molecule has 0 aliphatic heterocycles. The van der Waals surface area contributed by atoms with Crippen LogP contribution >= 0.6 is 0 Å². The second-order valence-electron chi connectivity index (χ2n) is 2.50. The minimum Gasteiger partial charge on any atom is -0.468 e. The zero-order valence-electron chi connectivity index (χ0n) is 7.36. The molecule has 1 aromatic heterocycles. The number of nitrogens with two attached hydrogens (primary N) is 1. The Morgan fingerprint density at radius 1 is 1.75 bits per heavy atom. The fourth-order valence-corrected chi connectivity index (χ4v) is 1.05. The zero-order chi connectivity index (χ0) is 8.97. The summed E-state index contributed by atoms with van der Waals surface area (Å²) in [5.41, 5.74) is 5.56. The number of nitrogens with zero attached hydrogens (tertiary/aromatic N) is 1. The van der Waals surface area contributed by atoms with Gasteiger partial charge in [-0.3, -0.25) is 0 Å². The molecule has 0 saturated carbocycles. The van der Waals surface area contributed by atoms with Crippen LogP contribution in [-0.2, 0) is 4.84 Å². The summed E-state index contributed by atoms with van der Waals surface area (Å²) in [5.74, 6) is 0.821. The van der Waals surface area contributed by atoms with Gasteiger partial charge in [-0.25, -0.2) is 0 Å². The van der Waals surface area contributed by atoms with Crippen molar-refractivity contribution in [3.8, 4) is 0 Å². The Kier molecular flexibility index (Phi) is 3.28. The topological polar surface area (TPSA) is 51.6 Å². The highest BCUT2D eigenvalue weighted by Gasteiger charge is 2.17. The smallest absolute Gasteiger partial charge is 0.124 e. The third-order valence-corrected chi connectivity index (χ3v) is 1.82. The number of hydrogen-bond acceptors (Lipinski definition) is 4. The summed E-state index contributed by atoms with van der Waals surface area (Å²) >= 11 is 0. The van der Waals surface area contributed by atoms with Crippen molar-refractivity contribution in [1.82, 2.24) is 5.06 Å². The Labute approximate surface area is 71.9 Å². The molecule has 0 aliphatic rings. The summed E-state index contributed by atoms with van der Waals surface area (Å²) in [6.45, 7) is 0.470. The second kappa shape index (κ2) is 4.25. The predicted octanol–water partition coefficient (Wildman–Crippen LogP) is 0.773. The molecule has 2 N–H and O–H groups in total. The number of likely N-dealkylation sites (N-methyl/N-ethyl adjacent to an activating group) is 1. The number of rotatable bonds is 4. The molecule has 0 fully saturated rings. The minimum atomic E-state index is -0.00926. The van der Waals surface area contributed by atoms with Gasteiger partial charge in [0.1, 0.15) is 11.8 Å².